The Labute approximate surface area is 133 Å². The van der Waals surface area contributed by atoms with Gasteiger partial charge in [-0.05, 0) is 58.2 Å². The normalized spacial score (nSPS) is 31.9. The van der Waals surface area contributed by atoms with Gasteiger partial charge in [0.1, 0.15) is 0 Å². The molecule has 0 aliphatic heterocycles. The predicted octanol–water partition coefficient (Wildman–Crippen LogP) is 4.45. The van der Waals surface area contributed by atoms with E-state index in [1.807, 2.05) is 0 Å². The monoisotopic (exact) mass is 294 g/mol. The van der Waals surface area contributed by atoms with E-state index in [9.17, 15) is 0 Å². The third-order valence-electron chi connectivity index (χ3n) is 6.39. The summed E-state index contributed by atoms with van der Waals surface area (Å²) in [4.78, 5) is 2.59. The average Bonchev–Trinajstić information content (AvgIpc) is 2.72. The van der Waals surface area contributed by atoms with Gasteiger partial charge in [-0.15, -0.1) is 0 Å². The van der Waals surface area contributed by atoms with Gasteiger partial charge in [-0.2, -0.15) is 0 Å². The van der Waals surface area contributed by atoms with E-state index >= 15 is 0 Å². The fourth-order valence-electron chi connectivity index (χ4n) is 5.01. The highest BCUT2D eigenvalue weighted by molar-refractivity contribution is 5.03. The number of hydrogen-bond acceptors (Lipinski definition) is 2. The van der Waals surface area contributed by atoms with Gasteiger partial charge in [-0.3, -0.25) is 0 Å². The average molecular weight is 295 g/mol. The molecule has 1 atom stereocenters. The molecule has 1 unspecified atom stereocenters. The summed E-state index contributed by atoms with van der Waals surface area (Å²) in [5.41, 5.74) is 0.401. The third kappa shape index (κ3) is 4.01. The van der Waals surface area contributed by atoms with Gasteiger partial charge in [-0.1, -0.05) is 52.4 Å². The van der Waals surface area contributed by atoms with Crippen LogP contribution in [0.3, 0.4) is 0 Å². The van der Waals surface area contributed by atoms with Crippen LogP contribution in [0.1, 0.15) is 78.1 Å². The van der Waals surface area contributed by atoms with E-state index in [1.54, 1.807) is 0 Å². The first-order valence-electron chi connectivity index (χ1n) is 9.51. The van der Waals surface area contributed by atoms with Crippen LogP contribution in [0.15, 0.2) is 0 Å². The third-order valence-corrected chi connectivity index (χ3v) is 6.39. The van der Waals surface area contributed by atoms with E-state index in [0.717, 1.165) is 18.4 Å². The van der Waals surface area contributed by atoms with E-state index in [1.165, 1.54) is 64.2 Å². The first-order valence-corrected chi connectivity index (χ1v) is 9.51. The lowest BCUT2D eigenvalue weighted by Crippen LogP contribution is -2.62. The summed E-state index contributed by atoms with van der Waals surface area (Å²) in [6.45, 7) is 5.84. The van der Waals surface area contributed by atoms with Crippen molar-refractivity contribution in [3.8, 4) is 0 Å². The van der Waals surface area contributed by atoms with E-state index in [-0.39, 0.29) is 0 Å². The molecule has 0 aromatic heterocycles. The molecule has 0 heterocycles. The minimum absolute atomic E-state index is 0.401. The molecule has 0 amide bonds. The van der Waals surface area contributed by atoms with Crippen LogP contribution < -0.4 is 5.32 Å². The lowest BCUT2D eigenvalue weighted by atomic mass is 9.69. The van der Waals surface area contributed by atoms with Crippen molar-refractivity contribution in [1.82, 2.24) is 10.2 Å². The van der Waals surface area contributed by atoms with Crippen LogP contribution in [0.25, 0.3) is 0 Å². The van der Waals surface area contributed by atoms with Crippen molar-refractivity contribution in [2.45, 2.75) is 89.6 Å². The van der Waals surface area contributed by atoms with Crippen molar-refractivity contribution in [1.29, 1.82) is 0 Å². The number of nitrogens with one attached hydrogen (secondary N) is 1. The molecule has 2 aliphatic rings. The van der Waals surface area contributed by atoms with E-state index in [0.29, 0.717) is 11.6 Å². The molecule has 2 aliphatic carbocycles. The first-order chi connectivity index (χ1) is 10.1. The van der Waals surface area contributed by atoms with Crippen molar-refractivity contribution in [3.63, 3.8) is 0 Å². The van der Waals surface area contributed by atoms with Crippen LogP contribution in [0.4, 0.5) is 0 Å². The summed E-state index contributed by atoms with van der Waals surface area (Å²) < 4.78 is 0. The molecule has 2 saturated carbocycles. The SMILES string of the molecule is CCNC(C1CCC(C)CC1)C1(N(C)C)CCCCCC1. The lowest BCUT2D eigenvalue weighted by molar-refractivity contribution is 0.0389. The second-order valence-electron chi connectivity index (χ2n) is 7.97. The zero-order valence-corrected chi connectivity index (χ0v) is 15.0. The second-order valence-corrected chi connectivity index (χ2v) is 7.97. The standard InChI is InChI=1S/C19H38N2/c1-5-20-18(17-12-10-16(2)11-13-17)19(21(3)4)14-8-6-7-9-15-19/h16-18,20H,5-15H2,1-4H3. The molecule has 2 nitrogen and oxygen atoms in total. The Kier molecular flexibility index (Phi) is 6.55. The molecule has 0 saturated heterocycles. The van der Waals surface area contributed by atoms with Crippen LogP contribution >= 0.6 is 0 Å². The fraction of sp³-hybridized carbons (Fsp3) is 1.00. The molecule has 0 radical (unpaired) electrons. The number of hydrogen-bond donors (Lipinski definition) is 1. The van der Waals surface area contributed by atoms with Crippen molar-refractivity contribution in [2.75, 3.05) is 20.6 Å². The Balaban J connectivity index is 2.19. The Bertz CT molecular complexity index is 284. The van der Waals surface area contributed by atoms with Gasteiger partial charge in [0.05, 0.1) is 0 Å². The quantitative estimate of drug-likeness (QED) is 0.754. The molecule has 0 aromatic rings. The Hall–Kier alpha value is -0.0800. The molecule has 0 aromatic carbocycles. The van der Waals surface area contributed by atoms with Gasteiger partial charge in [0.15, 0.2) is 0 Å². The molecule has 0 bridgehead atoms. The van der Waals surface area contributed by atoms with Crippen LogP contribution in [0.2, 0.25) is 0 Å². The lowest BCUT2D eigenvalue weighted by Gasteiger charge is -2.50. The molecule has 0 spiro atoms. The molecule has 21 heavy (non-hydrogen) atoms. The summed E-state index contributed by atoms with van der Waals surface area (Å²) in [6, 6.07) is 0.697. The molecule has 2 fully saturated rings. The first kappa shape index (κ1) is 17.3. The number of likely N-dealkylation sites (N-methyl/N-ethyl adjacent to an activating group) is 2. The maximum Gasteiger partial charge on any atom is 0.0359 e. The topological polar surface area (TPSA) is 15.3 Å². The van der Waals surface area contributed by atoms with Crippen LogP contribution in [0, 0.1) is 11.8 Å². The van der Waals surface area contributed by atoms with Crippen molar-refractivity contribution in [3.05, 3.63) is 0 Å². The molecule has 2 rings (SSSR count). The number of rotatable bonds is 5. The molecular weight excluding hydrogens is 256 g/mol. The van der Waals surface area contributed by atoms with Gasteiger partial charge >= 0.3 is 0 Å². The highest BCUT2D eigenvalue weighted by Crippen LogP contribution is 2.41. The maximum absolute atomic E-state index is 3.95. The highest BCUT2D eigenvalue weighted by atomic mass is 15.2. The van der Waals surface area contributed by atoms with Gasteiger partial charge in [0, 0.05) is 11.6 Å². The Morgan fingerprint density at radius 3 is 2.05 bits per heavy atom. The second kappa shape index (κ2) is 7.97. The minimum atomic E-state index is 0.401. The van der Waals surface area contributed by atoms with Gasteiger partial charge in [-0.25, -0.2) is 0 Å². The van der Waals surface area contributed by atoms with Crippen molar-refractivity contribution >= 4 is 0 Å². The van der Waals surface area contributed by atoms with Crippen LogP contribution in [-0.4, -0.2) is 37.1 Å². The summed E-state index contributed by atoms with van der Waals surface area (Å²) >= 11 is 0. The Morgan fingerprint density at radius 2 is 1.57 bits per heavy atom. The molecule has 1 N–H and O–H groups in total. The van der Waals surface area contributed by atoms with Crippen LogP contribution in [-0.2, 0) is 0 Å². The maximum atomic E-state index is 3.95. The van der Waals surface area contributed by atoms with Gasteiger partial charge in [0.2, 0.25) is 0 Å². The van der Waals surface area contributed by atoms with E-state index in [4.69, 9.17) is 0 Å². The smallest absolute Gasteiger partial charge is 0.0359 e. The fourth-order valence-corrected chi connectivity index (χ4v) is 5.01. The largest absolute Gasteiger partial charge is 0.312 e. The van der Waals surface area contributed by atoms with Crippen molar-refractivity contribution in [2.24, 2.45) is 11.8 Å². The summed E-state index contributed by atoms with van der Waals surface area (Å²) in [6.07, 6.45) is 14.3. The molecule has 2 heteroatoms. The molecule has 124 valence electrons. The van der Waals surface area contributed by atoms with E-state index < -0.39 is 0 Å². The van der Waals surface area contributed by atoms with E-state index in [2.05, 4.69) is 38.2 Å². The number of nitrogens with zero attached hydrogens (tertiary/aromatic N) is 1. The zero-order chi connectivity index (χ0) is 15.3. The predicted molar refractivity (Wildman–Crippen MR) is 92.7 cm³/mol. The van der Waals surface area contributed by atoms with Gasteiger partial charge in [0.25, 0.3) is 0 Å². The van der Waals surface area contributed by atoms with Crippen molar-refractivity contribution < 1.29 is 0 Å². The van der Waals surface area contributed by atoms with Gasteiger partial charge < -0.3 is 10.2 Å². The zero-order valence-electron chi connectivity index (χ0n) is 15.0. The highest BCUT2D eigenvalue weighted by Gasteiger charge is 2.44. The van der Waals surface area contributed by atoms with Crippen LogP contribution in [0.5, 0.6) is 0 Å². The summed E-state index contributed by atoms with van der Waals surface area (Å²) in [5, 5.41) is 3.95. The minimum Gasteiger partial charge on any atom is -0.312 e. The Morgan fingerprint density at radius 1 is 1.00 bits per heavy atom. The summed E-state index contributed by atoms with van der Waals surface area (Å²) in [7, 11) is 4.67. The molecular formula is C19H38N2. The summed E-state index contributed by atoms with van der Waals surface area (Å²) in [5.74, 6) is 1.84.